The number of halogens is 1. The molecule has 6 nitrogen and oxygen atoms in total. The molecular formula is C22H29FN2O4. The first-order valence-corrected chi connectivity index (χ1v) is 10.1. The number of carboxylic acids is 1. The summed E-state index contributed by atoms with van der Waals surface area (Å²) in [6.07, 6.45) is 4.81. The van der Waals surface area contributed by atoms with Gasteiger partial charge in [-0.2, -0.15) is 0 Å². The second-order valence-corrected chi connectivity index (χ2v) is 8.40. The molecule has 1 fully saturated rings. The van der Waals surface area contributed by atoms with E-state index in [-0.39, 0.29) is 29.0 Å². The molecule has 0 radical (unpaired) electrons. The van der Waals surface area contributed by atoms with Gasteiger partial charge in [-0.25, -0.2) is 9.18 Å². The number of benzene rings is 1. The van der Waals surface area contributed by atoms with Crippen LogP contribution in [0.2, 0.25) is 0 Å². The van der Waals surface area contributed by atoms with Gasteiger partial charge in [-0.3, -0.25) is 4.79 Å². The van der Waals surface area contributed by atoms with Crippen LogP contribution in [-0.2, 0) is 0 Å². The number of aliphatic hydroxyl groups excluding tert-OH is 1. The van der Waals surface area contributed by atoms with Crippen LogP contribution in [0.4, 0.5) is 10.1 Å². The Kier molecular flexibility index (Phi) is 5.72. The van der Waals surface area contributed by atoms with Gasteiger partial charge in [0, 0.05) is 37.8 Å². The Bertz CT molecular complexity index is 1010. The van der Waals surface area contributed by atoms with Crippen LogP contribution in [0.15, 0.2) is 17.1 Å². The van der Waals surface area contributed by atoms with Gasteiger partial charge in [-0.05, 0) is 56.6 Å². The molecule has 1 aliphatic carbocycles. The molecule has 158 valence electrons. The van der Waals surface area contributed by atoms with Crippen LogP contribution in [0.1, 0.15) is 61.5 Å². The van der Waals surface area contributed by atoms with Crippen LogP contribution >= 0.6 is 0 Å². The molecule has 1 heterocycles. The van der Waals surface area contributed by atoms with Gasteiger partial charge in [0.05, 0.1) is 11.2 Å². The lowest BCUT2D eigenvalue weighted by Crippen LogP contribution is -2.29. The van der Waals surface area contributed by atoms with Gasteiger partial charge >= 0.3 is 5.97 Å². The van der Waals surface area contributed by atoms with E-state index in [2.05, 4.69) is 0 Å². The third kappa shape index (κ3) is 3.75. The molecule has 0 spiro atoms. The molecule has 0 amide bonds. The maximum absolute atomic E-state index is 15.2. The van der Waals surface area contributed by atoms with Gasteiger partial charge in [0.15, 0.2) is 0 Å². The van der Waals surface area contributed by atoms with Crippen molar-refractivity contribution in [3.8, 4) is 0 Å². The minimum atomic E-state index is -1.31. The highest BCUT2D eigenvalue weighted by Gasteiger charge is 2.43. The number of fused-ring (bicyclic) bond motifs is 1. The lowest BCUT2D eigenvalue weighted by Gasteiger charge is -2.29. The number of aryl methyl sites for hydroxylation is 1. The summed E-state index contributed by atoms with van der Waals surface area (Å²) in [6.45, 7) is 6.44. The molecule has 0 saturated heterocycles. The number of rotatable bonds is 8. The van der Waals surface area contributed by atoms with Gasteiger partial charge in [-0.1, -0.05) is 6.92 Å². The SMILES string of the molecule is CCC(C)n1cc(C(=O)O)c(=O)c2cc(F)c(N(C)CC3(CCO)CC3)c(C)c21. The van der Waals surface area contributed by atoms with Crippen LogP contribution in [0.5, 0.6) is 0 Å². The Balaban J connectivity index is 2.23. The van der Waals surface area contributed by atoms with E-state index in [1.165, 1.54) is 12.3 Å². The number of pyridine rings is 1. The quantitative estimate of drug-likeness (QED) is 0.701. The molecule has 2 aromatic rings. The maximum atomic E-state index is 15.2. The summed E-state index contributed by atoms with van der Waals surface area (Å²) in [6, 6.07) is 1.12. The highest BCUT2D eigenvalue weighted by molar-refractivity contribution is 5.95. The van der Waals surface area contributed by atoms with E-state index >= 15 is 4.39 Å². The van der Waals surface area contributed by atoms with Crippen molar-refractivity contribution in [1.82, 2.24) is 4.57 Å². The van der Waals surface area contributed by atoms with Crippen molar-refractivity contribution >= 4 is 22.6 Å². The lowest BCUT2D eigenvalue weighted by molar-refractivity contribution is 0.0694. The first kappa shape index (κ1) is 21.3. The molecule has 1 aliphatic rings. The lowest BCUT2D eigenvalue weighted by atomic mass is 10.00. The van der Waals surface area contributed by atoms with Crippen molar-refractivity contribution in [2.75, 3.05) is 25.1 Å². The van der Waals surface area contributed by atoms with E-state index in [0.29, 0.717) is 29.7 Å². The molecule has 2 N–H and O–H groups in total. The average Bonchev–Trinajstić information content (AvgIpc) is 3.40. The summed E-state index contributed by atoms with van der Waals surface area (Å²) in [4.78, 5) is 26.2. The minimum absolute atomic E-state index is 0.0148. The van der Waals surface area contributed by atoms with Crippen LogP contribution in [0, 0.1) is 18.2 Å². The molecule has 1 aromatic carbocycles. The number of aliphatic hydroxyl groups is 1. The molecule has 0 bridgehead atoms. The zero-order chi connectivity index (χ0) is 21.5. The Hall–Kier alpha value is -2.41. The Labute approximate surface area is 169 Å². The monoisotopic (exact) mass is 404 g/mol. The summed E-state index contributed by atoms with van der Waals surface area (Å²) in [5.74, 6) is -1.85. The fraction of sp³-hybridized carbons (Fsp3) is 0.545. The van der Waals surface area contributed by atoms with E-state index in [4.69, 9.17) is 0 Å². The van der Waals surface area contributed by atoms with E-state index in [1.54, 1.807) is 11.5 Å². The summed E-state index contributed by atoms with van der Waals surface area (Å²) in [5.41, 5.74) is 0.614. The van der Waals surface area contributed by atoms with E-state index in [0.717, 1.165) is 19.3 Å². The predicted octanol–water partition coefficient (Wildman–Crippen LogP) is 3.72. The number of hydrogen-bond acceptors (Lipinski definition) is 4. The largest absolute Gasteiger partial charge is 0.477 e. The summed E-state index contributed by atoms with van der Waals surface area (Å²) in [5, 5.41) is 18.8. The number of aromatic carboxylic acids is 1. The normalized spacial score (nSPS) is 16.1. The minimum Gasteiger partial charge on any atom is -0.477 e. The van der Waals surface area contributed by atoms with Gasteiger partial charge in [-0.15, -0.1) is 0 Å². The molecule has 1 atom stereocenters. The maximum Gasteiger partial charge on any atom is 0.341 e. The van der Waals surface area contributed by atoms with Gasteiger partial charge < -0.3 is 19.7 Å². The molecule has 7 heteroatoms. The fourth-order valence-corrected chi connectivity index (χ4v) is 4.32. The summed E-state index contributed by atoms with van der Waals surface area (Å²) < 4.78 is 16.9. The Morgan fingerprint density at radius 3 is 2.59 bits per heavy atom. The number of hydrogen-bond donors (Lipinski definition) is 2. The first-order chi connectivity index (χ1) is 13.7. The highest BCUT2D eigenvalue weighted by atomic mass is 19.1. The predicted molar refractivity (Wildman–Crippen MR) is 112 cm³/mol. The number of anilines is 1. The fourth-order valence-electron chi connectivity index (χ4n) is 4.32. The zero-order valence-electron chi connectivity index (χ0n) is 17.5. The van der Waals surface area contributed by atoms with E-state index in [1.807, 2.05) is 25.8 Å². The topological polar surface area (TPSA) is 82.8 Å². The summed E-state index contributed by atoms with van der Waals surface area (Å²) in [7, 11) is 1.83. The van der Waals surface area contributed by atoms with Crippen LogP contribution in [0.3, 0.4) is 0 Å². The number of nitrogens with zero attached hydrogens (tertiary/aromatic N) is 2. The number of aromatic nitrogens is 1. The van der Waals surface area contributed by atoms with Crippen LogP contribution in [-0.4, -0.2) is 40.9 Å². The van der Waals surface area contributed by atoms with Gasteiger partial charge in [0.25, 0.3) is 0 Å². The van der Waals surface area contributed by atoms with Crippen molar-refractivity contribution < 1.29 is 19.4 Å². The molecule has 29 heavy (non-hydrogen) atoms. The van der Waals surface area contributed by atoms with Gasteiger partial charge in [0.1, 0.15) is 11.4 Å². The molecular weight excluding hydrogens is 375 g/mol. The van der Waals surface area contributed by atoms with Crippen molar-refractivity contribution in [3.05, 3.63) is 39.4 Å². The standard InChI is InChI=1S/C22H29FN2O4/c1-5-13(2)25-11-16(21(28)29)20(27)15-10-17(23)19(14(3)18(15)25)24(4)12-22(6-7-22)8-9-26/h10-11,13,26H,5-9,12H2,1-4H3,(H,28,29). The first-order valence-electron chi connectivity index (χ1n) is 10.1. The molecule has 1 unspecified atom stereocenters. The summed E-state index contributed by atoms with van der Waals surface area (Å²) >= 11 is 0. The molecule has 3 rings (SSSR count). The number of carbonyl (C=O) groups is 1. The van der Waals surface area contributed by atoms with Crippen molar-refractivity contribution in [2.24, 2.45) is 5.41 Å². The zero-order valence-corrected chi connectivity index (χ0v) is 17.5. The van der Waals surface area contributed by atoms with Crippen LogP contribution in [0.25, 0.3) is 10.9 Å². The molecule has 1 saturated carbocycles. The Morgan fingerprint density at radius 2 is 2.07 bits per heavy atom. The average molecular weight is 404 g/mol. The molecule has 0 aliphatic heterocycles. The molecule has 1 aromatic heterocycles. The van der Waals surface area contributed by atoms with Crippen LogP contribution < -0.4 is 10.3 Å². The third-order valence-corrected chi connectivity index (χ3v) is 6.33. The van der Waals surface area contributed by atoms with Crippen molar-refractivity contribution in [2.45, 2.75) is 52.5 Å². The van der Waals surface area contributed by atoms with Crippen molar-refractivity contribution in [3.63, 3.8) is 0 Å². The Morgan fingerprint density at radius 1 is 1.41 bits per heavy atom. The van der Waals surface area contributed by atoms with E-state index in [9.17, 15) is 19.8 Å². The smallest absolute Gasteiger partial charge is 0.341 e. The second-order valence-electron chi connectivity index (χ2n) is 8.40. The number of carboxylic acid groups (broad SMARTS) is 1. The highest BCUT2D eigenvalue weighted by Crippen LogP contribution is 2.50. The van der Waals surface area contributed by atoms with Gasteiger partial charge in [0.2, 0.25) is 5.43 Å². The second kappa shape index (κ2) is 7.78. The van der Waals surface area contributed by atoms with Crippen molar-refractivity contribution in [1.29, 1.82) is 0 Å². The van der Waals surface area contributed by atoms with E-state index < -0.39 is 17.2 Å². The third-order valence-electron chi connectivity index (χ3n) is 6.33.